The predicted octanol–water partition coefficient (Wildman–Crippen LogP) is -0.153. The van der Waals surface area contributed by atoms with Gasteiger partial charge < -0.3 is 26.4 Å². The van der Waals surface area contributed by atoms with Gasteiger partial charge in [0.25, 0.3) is 0 Å². The lowest BCUT2D eigenvalue weighted by Crippen LogP contribution is -2.41. The summed E-state index contributed by atoms with van der Waals surface area (Å²) in [4.78, 5) is 14.7. The minimum absolute atomic E-state index is 0.114. The highest BCUT2D eigenvalue weighted by atomic mass is 19.3. The zero-order valence-corrected chi connectivity index (χ0v) is 13.4. The van der Waals surface area contributed by atoms with Gasteiger partial charge in [0.05, 0.1) is 6.61 Å². The van der Waals surface area contributed by atoms with Crippen molar-refractivity contribution in [2.45, 2.75) is 50.5 Å². The van der Waals surface area contributed by atoms with Crippen LogP contribution in [0.5, 0.6) is 0 Å². The first-order valence-corrected chi connectivity index (χ1v) is 7.66. The standard InChI is InChI=1S/C9H11F2N3O4.C5H13N/c10-9(11)6(16)4(3-15)18-7(9)14-2-1-5(12)13-8(14)17;1-2-3-4-5-6/h1-2,4,6-7,15-16H,3H2,(H2,12,13,17);2-6H2,1H3/t4-,6-,7-;/m1./s1. The van der Waals surface area contributed by atoms with Crippen molar-refractivity contribution in [3.05, 3.63) is 22.7 Å². The number of hydrogen-bond donors (Lipinski definition) is 4. The lowest BCUT2D eigenvalue weighted by molar-refractivity contribution is -0.140. The summed E-state index contributed by atoms with van der Waals surface area (Å²) in [5, 5.41) is 18.1. The molecule has 1 saturated heterocycles. The van der Waals surface area contributed by atoms with E-state index in [9.17, 15) is 18.7 Å². The summed E-state index contributed by atoms with van der Waals surface area (Å²) in [7, 11) is 0. The van der Waals surface area contributed by atoms with Crippen molar-refractivity contribution in [1.29, 1.82) is 0 Å². The predicted molar refractivity (Wildman–Crippen MR) is 83.4 cm³/mol. The maximum absolute atomic E-state index is 13.7. The van der Waals surface area contributed by atoms with E-state index in [0.29, 0.717) is 4.57 Å². The number of aromatic nitrogens is 2. The Kier molecular flexibility index (Phi) is 7.67. The van der Waals surface area contributed by atoms with Crippen LogP contribution in [-0.4, -0.2) is 51.0 Å². The van der Waals surface area contributed by atoms with Crippen molar-refractivity contribution in [3.8, 4) is 0 Å². The topological polar surface area (TPSA) is 137 Å². The second-order valence-electron chi connectivity index (χ2n) is 5.37. The molecule has 1 fully saturated rings. The fourth-order valence-corrected chi connectivity index (χ4v) is 2.12. The number of unbranched alkanes of at least 4 members (excludes halogenated alkanes) is 2. The van der Waals surface area contributed by atoms with Gasteiger partial charge in [-0.15, -0.1) is 0 Å². The lowest BCUT2D eigenvalue weighted by atomic mass is 10.1. The van der Waals surface area contributed by atoms with Crippen LogP contribution < -0.4 is 17.2 Å². The zero-order valence-electron chi connectivity index (χ0n) is 13.4. The Morgan fingerprint density at radius 1 is 1.46 bits per heavy atom. The number of aliphatic hydroxyl groups excluding tert-OH is 2. The molecular formula is C14H24F2N4O4. The average Bonchev–Trinajstić information content (AvgIpc) is 2.76. The first-order valence-electron chi connectivity index (χ1n) is 7.66. The Morgan fingerprint density at radius 2 is 2.12 bits per heavy atom. The molecule has 0 amide bonds. The SMILES string of the molecule is CCCCCN.Nc1ccn([C@@H]2O[C@H](CO)[C@@H](O)C2(F)F)c(=O)n1. The molecule has 1 aromatic rings. The minimum Gasteiger partial charge on any atom is -0.394 e. The molecule has 0 aromatic carbocycles. The van der Waals surface area contributed by atoms with Gasteiger partial charge >= 0.3 is 11.6 Å². The highest BCUT2D eigenvalue weighted by Gasteiger charge is 2.59. The van der Waals surface area contributed by atoms with E-state index >= 15 is 0 Å². The van der Waals surface area contributed by atoms with E-state index in [4.69, 9.17) is 21.3 Å². The lowest BCUT2D eigenvalue weighted by Gasteiger charge is -2.20. The number of anilines is 1. The summed E-state index contributed by atoms with van der Waals surface area (Å²) >= 11 is 0. The molecule has 0 bridgehead atoms. The van der Waals surface area contributed by atoms with Crippen LogP contribution in [0.2, 0.25) is 0 Å². The molecule has 8 nitrogen and oxygen atoms in total. The Bertz CT molecular complexity index is 566. The molecule has 24 heavy (non-hydrogen) atoms. The van der Waals surface area contributed by atoms with Crippen LogP contribution in [0, 0.1) is 0 Å². The molecule has 2 rings (SSSR count). The van der Waals surface area contributed by atoms with Gasteiger partial charge in [-0.25, -0.2) is 4.79 Å². The normalized spacial score (nSPS) is 25.2. The Hall–Kier alpha value is -1.62. The number of ether oxygens (including phenoxy) is 1. The van der Waals surface area contributed by atoms with Gasteiger partial charge in [0.15, 0.2) is 6.10 Å². The van der Waals surface area contributed by atoms with Crippen molar-refractivity contribution in [1.82, 2.24) is 9.55 Å². The van der Waals surface area contributed by atoms with Crippen molar-refractivity contribution in [2.24, 2.45) is 5.73 Å². The van der Waals surface area contributed by atoms with Crippen molar-refractivity contribution >= 4 is 5.82 Å². The average molecular weight is 350 g/mol. The number of nitrogens with zero attached hydrogens (tertiary/aromatic N) is 2. The molecule has 0 saturated carbocycles. The van der Waals surface area contributed by atoms with Gasteiger partial charge in [0.2, 0.25) is 6.23 Å². The third-order valence-corrected chi connectivity index (χ3v) is 3.47. The molecule has 1 aliphatic rings. The fraction of sp³-hybridized carbons (Fsp3) is 0.714. The first-order chi connectivity index (χ1) is 11.3. The van der Waals surface area contributed by atoms with Crippen LogP contribution in [0.3, 0.4) is 0 Å². The van der Waals surface area contributed by atoms with E-state index < -0.39 is 36.7 Å². The Morgan fingerprint density at radius 3 is 2.54 bits per heavy atom. The number of hydrogen-bond acceptors (Lipinski definition) is 7. The van der Waals surface area contributed by atoms with Gasteiger partial charge in [-0.1, -0.05) is 19.8 Å². The van der Waals surface area contributed by atoms with E-state index in [1.165, 1.54) is 19.3 Å². The molecule has 10 heteroatoms. The summed E-state index contributed by atoms with van der Waals surface area (Å²) < 4.78 is 32.7. The monoisotopic (exact) mass is 350 g/mol. The number of rotatable bonds is 5. The Balaban J connectivity index is 0.000000413. The third kappa shape index (κ3) is 4.69. The Labute approximate surface area is 138 Å². The van der Waals surface area contributed by atoms with Gasteiger partial charge in [-0.05, 0) is 19.0 Å². The second-order valence-corrected chi connectivity index (χ2v) is 5.37. The molecule has 1 aliphatic heterocycles. The van der Waals surface area contributed by atoms with Gasteiger partial charge in [-0.2, -0.15) is 13.8 Å². The van der Waals surface area contributed by atoms with Crippen molar-refractivity contribution in [3.63, 3.8) is 0 Å². The fourth-order valence-electron chi connectivity index (χ4n) is 2.12. The molecule has 1 aromatic heterocycles. The first kappa shape index (κ1) is 20.4. The quantitative estimate of drug-likeness (QED) is 0.542. The molecule has 0 spiro atoms. The smallest absolute Gasteiger partial charge is 0.351 e. The molecule has 6 N–H and O–H groups in total. The van der Waals surface area contributed by atoms with E-state index in [1.54, 1.807) is 0 Å². The van der Waals surface area contributed by atoms with Crippen molar-refractivity contribution in [2.75, 3.05) is 18.9 Å². The van der Waals surface area contributed by atoms with E-state index in [2.05, 4.69) is 11.9 Å². The van der Waals surface area contributed by atoms with Crippen LogP contribution in [0.1, 0.15) is 32.4 Å². The highest BCUT2D eigenvalue weighted by Crippen LogP contribution is 2.41. The van der Waals surface area contributed by atoms with Crippen LogP contribution in [0.15, 0.2) is 17.1 Å². The third-order valence-electron chi connectivity index (χ3n) is 3.47. The number of aliphatic hydroxyl groups is 2. The molecule has 2 heterocycles. The van der Waals surface area contributed by atoms with E-state index in [1.807, 2.05) is 0 Å². The molecule has 138 valence electrons. The van der Waals surface area contributed by atoms with Gasteiger partial charge in [-0.3, -0.25) is 4.57 Å². The zero-order chi connectivity index (χ0) is 18.3. The van der Waals surface area contributed by atoms with E-state index in [0.717, 1.165) is 18.8 Å². The molecule has 0 radical (unpaired) electrons. The maximum atomic E-state index is 13.7. The van der Waals surface area contributed by atoms with Crippen LogP contribution >= 0.6 is 0 Å². The van der Waals surface area contributed by atoms with Crippen LogP contribution in [0.25, 0.3) is 0 Å². The summed E-state index contributed by atoms with van der Waals surface area (Å²) in [5.41, 5.74) is 9.42. The molecule has 0 unspecified atom stereocenters. The van der Waals surface area contributed by atoms with Crippen molar-refractivity contribution < 1.29 is 23.7 Å². The van der Waals surface area contributed by atoms with Gasteiger partial charge in [0, 0.05) is 6.20 Å². The maximum Gasteiger partial charge on any atom is 0.351 e. The van der Waals surface area contributed by atoms with E-state index in [-0.39, 0.29) is 5.82 Å². The number of nitrogens with two attached hydrogens (primary N) is 2. The summed E-state index contributed by atoms with van der Waals surface area (Å²) in [6.45, 7) is 2.24. The highest BCUT2D eigenvalue weighted by molar-refractivity contribution is 5.23. The molecular weight excluding hydrogens is 326 g/mol. The summed E-state index contributed by atoms with van der Waals surface area (Å²) in [6.07, 6.45) is -0.934. The largest absolute Gasteiger partial charge is 0.394 e. The second kappa shape index (κ2) is 9.02. The minimum atomic E-state index is -3.71. The van der Waals surface area contributed by atoms with Crippen LogP contribution in [0.4, 0.5) is 14.6 Å². The van der Waals surface area contributed by atoms with Gasteiger partial charge in [0.1, 0.15) is 11.9 Å². The summed E-state index contributed by atoms with van der Waals surface area (Å²) in [5.74, 6) is -3.83. The number of alkyl halides is 2. The summed E-state index contributed by atoms with van der Waals surface area (Å²) in [6, 6.07) is 1.15. The number of halogens is 2. The molecule has 3 atom stereocenters. The number of nitrogen functional groups attached to an aromatic ring is 1. The van der Waals surface area contributed by atoms with Crippen LogP contribution in [-0.2, 0) is 4.74 Å². The molecule has 0 aliphatic carbocycles.